The van der Waals surface area contributed by atoms with E-state index < -0.39 is 35.7 Å². The van der Waals surface area contributed by atoms with Gasteiger partial charge in [-0.2, -0.15) is 0 Å². The number of carbonyl (C=O) groups is 3. The highest BCUT2D eigenvalue weighted by molar-refractivity contribution is 6.31. The molecule has 1 heterocycles. The topological polar surface area (TPSA) is 111 Å². The Kier molecular flexibility index (Phi) is 7.68. The molecule has 0 spiro atoms. The van der Waals surface area contributed by atoms with Crippen LogP contribution in [-0.2, 0) is 25.5 Å². The number of rotatable bonds is 8. The fourth-order valence-electron chi connectivity index (χ4n) is 4.03. The largest absolute Gasteiger partial charge is 0.469 e. The van der Waals surface area contributed by atoms with Crippen molar-refractivity contribution in [2.75, 3.05) is 31.0 Å². The molecule has 0 radical (unpaired) electrons. The second-order valence-corrected chi connectivity index (χ2v) is 9.08. The Morgan fingerprint density at radius 1 is 1.13 bits per heavy atom. The molecule has 0 bridgehead atoms. The van der Waals surface area contributed by atoms with Gasteiger partial charge in [-0.3, -0.25) is 14.9 Å². The summed E-state index contributed by atoms with van der Waals surface area (Å²) < 4.78 is 43.1. The summed E-state index contributed by atoms with van der Waals surface area (Å²) in [5.41, 5.74) is 2.37. The van der Waals surface area contributed by atoms with E-state index in [1.165, 1.54) is 19.2 Å². The maximum Gasteiger partial charge on any atom is 0.411 e. The third kappa shape index (κ3) is 5.33. The van der Waals surface area contributed by atoms with Crippen LogP contribution in [0.25, 0.3) is 11.3 Å². The molecular formula is C26H24ClF2N3O6. The number of aromatic nitrogens is 1. The van der Waals surface area contributed by atoms with Gasteiger partial charge in [0.2, 0.25) is 5.91 Å². The Bertz CT molecular complexity index is 1360. The molecule has 1 N–H and O–H groups in total. The van der Waals surface area contributed by atoms with Gasteiger partial charge in [-0.05, 0) is 42.8 Å². The standard InChI is InChI=1S/C26H24ClF2N3O6/c1-14-21(30-25(35)37-13-12-15-6-4-5-7-18(15)27)22(38-31-14)16-8-10-17(11-9-16)32(2)23(33)19-20(24(34)36-3)26(19,28)29/h4-11,19-20H,12-13H2,1-3H3,(H,30,35)/t19-,20-/m1/s1. The van der Waals surface area contributed by atoms with Gasteiger partial charge in [0, 0.05) is 29.7 Å². The number of hydrogen-bond acceptors (Lipinski definition) is 7. The minimum Gasteiger partial charge on any atom is -0.469 e. The van der Waals surface area contributed by atoms with Gasteiger partial charge >= 0.3 is 12.1 Å². The zero-order valence-electron chi connectivity index (χ0n) is 20.7. The van der Waals surface area contributed by atoms with Gasteiger partial charge in [0.25, 0.3) is 5.92 Å². The van der Waals surface area contributed by atoms with E-state index in [2.05, 4.69) is 15.2 Å². The zero-order valence-corrected chi connectivity index (χ0v) is 21.4. The summed E-state index contributed by atoms with van der Waals surface area (Å²) in [6.45, 7) is 1.74. The van der Waals surface area contributed by atoms with Crippen LogP contribution in [0, 0.1) is 18.8 Å². The number of hydrogen-bond donors (Lipinski definition) is 1. The van der Waals surface area contributed by atoms with Crippen molar-refractivity contribution in [1.29, 1.82) is 0 Å². The van der Waals surface area contributed by atoms with Crippen LogP contribution in [0.4, 0.5) is 25.0 Å². The van der Waals surface area contributed by atoms with E-state index in [4.69, 9.17) is 20.9 Å². The molecule has 1 aliphatic rings. The minimum atomic E-state index is -3.46. The number of methoxy groups -OCH3 is 1. The summed E-state index contributed by atoms with van der Waals surface area (Å²) in [4.78, 5) is 37.6. The Hall–Kier alpha value is -3.99. The van der Waals surface area contributed by atoms with Crippen LogP contribution in [0.2, 0.25) is 5.02 Å². The predicted molar refractivity (Wildman–Crippen MR) is 134 cm³/mol. The fourth-order valence-corrected chi connectivity index (χ4v) is 4.26. The Morgan fingerprint density at radius 3 is 2.47 bits per heavy atom. The van der Waals surface area contributed by atoms with Crippen LogP contribution in [0.1, 0.15) is 11.3 Å². The number of aryl methyl sites for hydroxylation is 1. The average Bonchev–Trinajstić information content (AvgIpc) is 3.31. The van der Waals surface area contributed by atoms with Crippen molar-refractivity contribution in [2.24, 2.45) is 11.8 Å². The lowest BCUT2D eigenvalue weighted by Crippen LogP contribution is -2.30. The lowest BCUT2D eigenvalue weighted by molar-refractivity contribution is -0.145. The molecule has 3 aromatic rings. The summed E-state index contributed by atoms with van der Waals surface area (Å²) in [6, 6.07) is 13.4. The van der Waals surface area contributed by atoms with Crippen LogP contribution < -0.4 is 10.2 Å². The number of alkyl halides is 2. The van der Waals surface area contributed by atoms with E-state index >= 15 is 0 Å². The van der Waals surface area contributed by atoms with Crippen LogP contribution >= 0.6 is 11.6 Å². The summed E-state index contributed by atoms with van der Waals surface area (Å²) in [6.07, 6.45) is -0.277. The molecule has 2 atom stereocenters. The van der Waals surface area contributed by atoms with Crippen LogP contribution in [0.3, 0.4) is 0 Å². The van der Waals surface area contributed by atoms with Crippen LogP contribution in [-0.4, -0.2) is 49.8 Å². The Morgan fingerprint density at radius 2 is 1.82 bits per heavy atom. The van der Waals surface area contributed by atoms with Crippen LogP contribution in [0.15, 0.2) is 53.1 Å². The third-order valence-corrected chi connectivity index (χ3v) is 6.64. The first-order valence-corrected chi connectivity index (χ1v) is 11.9. The average molecular weight is 548 g/mol. The molecule has 2 aromatic carbocycles. The molecule has 1 fully saturated rings. The number of carbonyl (C=O) groups excluding carboxylic acids is 3. The molecule has 38 heavy (non-hydrogen) atoms. The van der Waals surface area contributed by atoms with Gasteiger partial charge in [-0.15, -0.1) is 0 Å². The third-order valence-electron chi connectivity index (χ3n) is 6.27. The van der Waals surface area contributed by atoms with E-state index in [9.17, 15) is 23.2 Å². The molecule has 0 aliphatic heterocycles. The maximum atomic E-state index is 14.0. The molecule has 0 saturated heterocycles. The van der Waals surface area contributed by atoms with Crippen molar-refractivity contribution in [2.45, 2.75) is 19.3 Å². The molecule has 1 aromatic heterocycles. The quantitative estimate of drug-likeness (QED) is 0.390. The van der Waals surface area contributed by atoms with Crippen molar-refractivity contribution >= 4 is 40.9 Å². The zero-order chi connectivity index (χ0) is 27.6. The first-order chi connectivity index (χ1) is 18.1. The number of nitrogens with zero attached hydrogens (tertiary/aromatic N) is 2. The highest BCUT2D eigenvalue weighted by Crippen LogP contribution is 2.56. The SMILES string of the molecule is COC(=O)[C@H]1[C@H](C(=O)N(C)c2ccc(-c3onc(C)c3NC(=O)OCCc3ccccc3Cl)cc2)C1(F)F. The van der Waals surface area contributed by atoms with E-state index in [1.54, 1.807) is 25.1 Å². The lowest BCUT2D eigenvalue weighted by Gasteiger charge is -2.17. The van der Waals surface area contributed by atoms with Crippen molar-refractivity contribution in [3.8, 4) is 11.3 Å². The molecule has 1 saturated carbocycles. The van der Waals surface area contributed by atoms with Crippen molar-refractivity contribution < 1.29 is 37.2 Å². The number of anilines is 2. The van der Waals surface area contributed by atoms with Crippen LogP contribution in [0.5, 0.6) is 0 Å². The van der Waals surface area contributed by atoms with E-state index in [0.717, 1.165) is 17.6 Å². The highest BCUT2D eigenvalue weighted by Gasteiger charge is 2.76. The number of ether oxygens (including phenoxy) is 2. The molecule has 2 amide bonds. The molecule has 0 unspecified atom stereocenters. The van der Waals surface area contributed by atoms with E-state index in [-0.39, 0.29) is 12.4 Å². The molecule has 9 nitrogen and oxygen atoms in total. The van der Waals surface area contributed by atoms with Gasteiger partial charge in [0.05, 0.1) is 13.7 Å². The first kappa shape index (κ1) is 27.1. The summed E-state index contributed by atoms with van der Waals surface area (Å²) >= 11 is 6.12. The number of benzene rings is 2. The monoisotopic (exact) mass is 547 g/mol. The first-order valence-electron chi connectivity index (χ1n) is 11.5. The van der Waals surface area contributed by atoms with Gasteiger partial charge in [0.1, 0.15) is 23.2 Å². The Labute approximate surface area is 221 Å². The molecule has 1 aliphatic carbocycles. The maximum absolute atomic E-state index is 14.0. The number of amides is 2. The molecule has 12 heteroatoms. The normalized spacial score (nSPS) is 17.4. The molecule has 200 valence electrons. The fraction of sp³-hybridized carbons (Fsp3) is 0.308. The minimum absolute atomic E-state index is 0.0984. The number of esters is 1. The Balaban J connectivity index is 1.40. The highest BCUT2D eigenvalue weighted by atomic mass is 35.5. The van der Waals surface area contributed by atoms with Gasteiger partial charge in [-0.1, -0.05) is 35.0 Å². The smallest absolute Gasteiger partial charge is 0.411 e. The summed E-state index contributed by atoms with van der Waals surface area (Å²) in [7, 11) is 2.33. The van der Waals surface area contributed by atoms with Gasteiger partial charge in [-0.25, -0.2) is 13.6 Å². The number of halogens is 3. The van der Waals surface area contributed by atoms with Crippen molar-refractivity contribution in [3.05, 3.63) is 64.8 Å². The van der Waals surface area contributed by atoms with Gasteiger partial charge in [0.15, 0.2) is 5.76 Å². The predicted octanol–water partition coefficient (Wildman–Crippen LogP) is 5.11. The van der Waals surface area contributed by atoms with Gasteiger partial charge < -0.3 is 18.9 Å². The lowest BCUT2D eigenvalue weighted by atomic mass is 10.1. The van der Waals surface area contributed by atoms with E-state index in [0.29, 0.717) is 34.1 Å². The van der Waals surface area contributed by atoms with E-state index in [1.807, 2.05) is 18.2 Å². The second kappa shape index (κ2) is 10.8. The van der Waals surface area contributed by atoms with Crippen molar-refractivity contribution in [1.82, 2.24) is 5.16 Å². The summed E-state index contributed by atoms with van der Waals surface area (Å²) in [5.74, 6) is -8.83. The summed E-state index contributed by atoms with van der Waals surface area (Å²) in [5, 5.41) is 7.10. The van der Waals surface area contributed by atoms with Crippen molar-refractivity contribution in [3.63, 3.8) is 0 Å². The molecule has 4 rings (SSSR count). The second-order valence-electron chi connectivity index (χ2n) is 8.67. The molecular weight excluding hydrogens is 524 g/mol. The number of nitrogens with one attached hydrogen (secondary N) is 1.